The number of hydrogen-bond donors (Lipinski definition) is 2. The zero-order valence-corrected chi connectivity index (χ0v) is 20.4. The number of fused-ring (bicyclic) bond motifs is 2. The van der Waals surface area contributed by atoms with Gasteiger partial charge in [-0.25, -0.2) is 9.18 Å². The van der Waals surface area contributed by atoms with Gasteiger partial charge in [0.05, 0.1) is 17.9 Å². The summed E-state index contributed by atoms with van der Waals surface area (Å²) in [4.78, 5) is 13.5. The van der Waals surface area contributed by atoms with Crippen molar-refractivity contribution in [3.05, 3.63) is 101 Å². The number of carboxylic acid groups (broad SMARTS) is 1. The minimum atomic E-state index is -1.27. The number of nitrogens with one attached hydrogen (secondary N) is 1. The number of carbonyl (C=O) groups is 1. The van der Waals surface area contributed by atoms with Crippen molar-refractivity contribution >= 4 is 28.1 Å². The highest BCUT2D eigenvalue weighted by atomic mass is 19.1. The first kappa shape index (κ1) is 23.8. The molecule has 6 heteroatoms. The molecule has 0 saturated carbocycles. The number of ether oxygens (including phenoxy) is 1. The maximum Gasteiger partial charge on any atom is 0.339 e. The third-order valence-corrected chi connectivity index (χ3v) is 6.88. The molecular formula is C30H29FN2O3. The van der Waals surface area contributed by atoms with Crippen molar-refractivity contribution in [2.24, 2.45) is 0 Å². The van der Waals surface area contributed by atoms with Crippen molar-refractivity contribution in [3.8, 4) is 5.75 Å². The monoisotopic (exact) mass is 484 g/mol. The van der Waals surface area contributed by atoms with Crippen molar-refractivity contribution in [2.75, 3.05) is 18.0 Å². The molecule has 1 heterocycles. The summed E-state index contributed by atoms with van der Waals surface area (Å²) in [6.07, 6.45) is 0.514. The molecule has 2 atom stereocenters. The van der Waals surface area contributed by atoms with Gasteiger partial charge in [0, 0.05) is 6.04 Å². The van der Waals surface area contributed by atoms with Gasteiger partial charge >= 0.3 is 5.97 Å². The number of anilines is 2. The molecule has 0 radical (unpaired) electrons. The number of aromatic carboxylic acids is 1. The molecule has 1 aliphatic heterocycles. The summed E-state index contributed by atoms with van der Waals surface area (Å²) in [5.74, 6) is -1.33. The first-order valence-corrected chi connectivity index (χ1v) is 12.2. The van der Waals surface area contributed by atoms with E-state index in [0.717, 1.165) is 5.69 Å². The van der Waals surface area contributed by atoms with Gasteiger partial charge < -0.3 is 20.1 Å². The maximum absolute atomic E-state index is 15.4. The highest BCUT2D eigenvalue weighted by Gasteiger charge is 2.30. The van der Waals surface area contributed by atoms with E-state index in [1.807, 2.05) is 35.2 Å². The SMILES string of the molecule is Cc1ccc(N2CC(CCN[C@H](C)c3cccc4ccccc34)Oc3ccccc32)c(F)c1C(=O)O. The first-order valence-electron chi connectivity index (χ1n) is 12.2. The van der Waals surface area contributed by atoms with Crippen LogP contribution < -0.4 is 15.0 Å². The van der Waals surface area contributed by atoms with E-state index in [4.69, 9.17) is 4.74 Å². The van der Waals surface area contributed by atoms with Crippen molar-refractivity contribution in [1.82, 2.24) is 5.32 Å². The van der Waals surface area contributed by atoms with Crippen LogP contribution in [0, 0.1) is 12.7 Å². The molecular weight excluding hydrogens is 455 g/mol. The summed E-state index contributed by atoms with van der Waals surface area (Å²) in [6, 6.07) is 25.6. The Kier molecular flexibility index (Phi) is 6.61. The van der Waals surface area contributed by atoms with Crippen molar-refractivity contribution in [2.45, 2.75) is 32.4 Å². The van der Waals surface area contributed by atoms with Crippen LogP contribution in [0.15, 0.2) is 78.9 Å². The van der Waals surface area contributed by atoms with Crippen LogP contribution in [0.4, 0.5) is 15.8 Å². The second-order valence-electron chi connectivity index (χ2n) is 9.25. The second kappa shape index (κ2) is 9.99. The molecule has 1 aliphatic rings. The molecule has 0 saturated heterocycles. The van der Waals surface area contributed by atoms with Gasteiger partial charge in [0.25, 0.3) is 0 Å². The number of hydrogen-bond acceptors (Lipinski definition) is 4. The Labute approximate surface area is 210 Å². The highest BCUT2D eigenvalue weighted by molar-refractivity contribution is 5.92. The van der Waals surface area contributed by atoms with E-state index >= 15 is 4.39 Å². The quantitative estimate of drug-likeness (QED) is 0.308. The van der Waals surface area contributed by atoms with Crippen LogP contribution in [0.1, 0.15) is 40.9 Å². The fourth-order valence-corrected chi connectivity index (χ4v) is 5.01. The predicted octanol–water partition coefficient (Wildman–Crippen LogP) is 6.63. The van der Waals surface area contributed by atoms with Crippen LogP contribution in [-0.2, 0) is 0 Å². The summed E-state index contributed by atoms with van der Waals surface area (Å²) in [5.41, 5.74) is 2.32. The van der Waals surface area contributed by atoms with E-state index in [2.05, 4.69) is 48.6 Å². The summed E-state index contributed by atoms with van der Waals surface area (Å²) >= 11 is 0. The molecule has 1 unspecified atom stereocenters. The molecule has 0 spiro atoms. The number of benzene rings is 4. The van der Waals surface area contributed by atoms with Crippen molar-refractivity contribution in [1.29, 1.82) is 0 Å². The summed E-state index contributed by atoms with van der Waals surface area (Å²) in [5, 5.41) is 15.6. The Morgan fingerprint density at radius 1 is 1.06 bits per heavy atom. The van der Waals surface area contributed by atoms with Gasteiger partial charge in [-0.15, -0.1) is 0 Å². The van der Waals surface area contributed by atoms with E-state index in [0.29, 0.717) is 30.8 Å². The molecule has 0 bridgehead atoms. The van der Waals surface area contributed by atoms with Gasteiger partial charge in [-0.05, 0) is 66.9 Å². The minimum Gasteiger partial charge on any atom is -0.486 e. The topological polar surface area (TPSA) is 61.8 Å². The fraction of sp³-hybridized carbons (Fsp3) is 0.233. The Morgan fingerprint density at radius 3 is 2.64 bits per heavy atom. The number of halogens is 1. The smallest absolute Gasteiger partial charge is 0.339 e. The van der Waals surface area contributed by atoms with Crippen LogP contribution >= 0.6 is 0 Å². The van der Waals surface area contributed by atoms with E-state index in [1.165, 1.54) is 16.3 Å². The summed E-state index contributed by atoms with van der Waals surface area (Å²) < 4.78 is 21.6. The van der Waals surface area contributed by atoms with E-state index in [1.54, 1.807) is 19.1 Å². The molecule has 0 aliphatic carbocycles. The lowest BCUT2D eigenvalue weighted by Gasteiger charge is -2.37. The zero-order valence-electron chi connectivity index (χ0n) is 20.4. The average Bonchev–Trinajstić information content (AvgIpc) is 2.88. The second-order valence-corrected chi connectivity index (χ2v) is 9.25. The fourth-order valence-electron chi connectivity index (χ4n) is 5.01. The largest absolute Gasteiger partial charge is 0.486 e. The highest BCUT2D eigenvalue weighted by Crippen LogP contribution is 2.40. The number of rotatable bonds is 7. The van der Waals surface area contributed by atoms with Crippen LogP contribution in [0.5, 0.6) is 5.75 Å². The van der Waals surface area contributed by atoms with Gasteiger partial charge in [0.1, 0.15) is 17.4 Å². The molecule has 4 aromatic carbocycles. The lowest BCUT2D eigenvalue weighted by molar-refractivity contribution is 0.0691. The summed E-state index contributed by atoms with van der Waals surface area (Å²) in [7, 11) is 0. The van der Waals surface area contributed by atoms with Gasteiger partial charge in [-0.2, -0.15) is 0 Å². The van der Waals surface area contributed by atoms with Crippen LogP contribution in [0.25, 0.3) is 10.8 Å². The lowest BCUT2D eigenvalue weighted by Crippen LogP contribution is -2.39. The maximum atomic E-state index is 15.4. The lowest BCUT2D eigenvalue weighted by atomic mass is 9.99. The normalized spacial score (nSPS) is 15.9. The van der Waals surface area contributed by atoms with Crippen LogP contribution in [0.2, 0.25) is 0 Å². The van der Waals surface area contributed by atoms with Crippen molar-refractivity contribution in [3.63, 3.8) is 0 Å². The number of aryl methyl sites for hydroxylation is 1. The van der Waals surface area contributed by atoms with Gasteiger partial charge in [0.15, 0.2) is 5.82 Å². The van der Waals surface area contributed by atoms with Crippen LogP contribution in [-0.4, -0.2) is 30.3 Å². The van der Waals surface area contributed by atoms with Gasteiger partial charge in [-0.1, -0.05) is 60.7 Å². The average molecular weight is 485 g/mol. The first-order chi connectivity index (χ1) is 17.4. The molecule has 36 heavy (non-hydrogen) atoms. The molecule has 5 rings (SSSR count). The third-order valence-electron chi connectivity index (χ3n) is 6.88. The Morgan fingerprint density at radius 2 is 1.81 bits per heavy atom. The van der Waals surface area contributed by atoms with E-state index in [9.17, 15) is 9.90 Å². The minimum absolute atomic E-state index is 0.149. The molecule has 5 nitrogen and oxygen atoms in total. The zero-order chi connectivity index (χ0) is 25.2. The van der Waals surface area contributed by atoms with Gasteiger partial charge in [-0.3, -0.25) is 0 Å². The number of nitrogens with zero attached hydrogens (tertiary/aromatic N) is 1. The molecule has 0 aromatic heterocycles. The Balaban J connectivity index is 1.34. The Hall–Kier alpha value is -3.90. The molecule has 0 amide bonds. The van der Waals surface area contributed by atoms with Crippen molar-refractivity contribution < 1.29 is 19.0 Å². The molecule has 0 fully saturated rings. The molecule has 4 aromatic rings. The summed E-state index contributed by atoms with van der Waals surface area (Å²) in [6.45, 7) is 4.89. The van der Waals surface area contributed by atoms with Crippen LogP contribution in [0.3, 0.4) is 0 Å². The molecule has 2 N–H and O–H groups in total. The molecule has 184 valence electrons. The third kappa shape index (κ3) is 4.52. The van der Waals surface area contributed by atoms with E-state index < -0.39 is 11.8 Å². The van der Waals surface area contributed by atoms with Gasteiger partial charge in [0.2, 0.25) is 0 Å². The predicted molar refractivity (Wildman–Crippen MR) is 141 cm³/mol. The Bertz CT molecular complexity index is 1420. The number of carboxylic acids is 1. The van der Waals surface area contributed by atoms with E-state index in [-0.39, 0.29) is 23.4 Å². The number of para-hydroxylation sites is 2. The standard InChI is InChI=1S/C30H29FN2O3/c1-19-14-15-26(29(31)28(19)30(34)35)33-18-22(36-27-13-6-5-12-25(27)33)16-17-32-20(2)23-11-7-9-21-8-3-4-10-24(21)23/h3-15,20,22,32H,16-18H2,1-2H3,(H,34,35)/t20-,22?/m1/s1.